The molecule has 0 fully saturated rings. The first kappa shape index (κ1) is 13.8. The van der Waals surface area contributed by atoms with Crippen LogP contribution in [0.3, 0.4) is 0 Å². The van der Waals surface area contributed by atoms with Gasteiger partial charge >= 0.3 is 0 Å². The molecule has 3 rings (SSSR count). The van der Waals surface area contributed by atoms with E-state index in [9.17, 15) is 13.6 Å². The molecule has 2 aromatic rings. The number of carbonyl (C=O) groups excluding carboxylic acids is 1. The van der Waals surface area contributed by atoms with Crippen LogP contribution in [-0.4, -0.2) is 12.5 Å². The van der Waals surface area contributed by atoms with Crippen molar-refractivity contribution in [2.75, 3.05) is 17.2 Å². The van der Waals surface area contributed by atoms with Gasteiger partial charge in [0.2, 0.25) is 0 Å². The molecule has 0 bridgehead atoms. The summed E-state index contributed by atoms with van der Waals surface area (Å²) in [5, 5.41) is -0.348. The summed E-state index contributed by atoms with van der Waals surface area (Å²) >= 11 is 5.49. The van der Waals surface area contributed by atoms with Crippen molar-refractivity contribution in [3.05, 3.63) is 58.1 Å². The van der Waals surface area contributed by atoms with Crippen LogP contribution >= 0.6 is 11.6 Å². The molecule has 2 N–H and O–H groups in total. The highest BCUT2D eigenvalue weighted by molar-refractivity contribution is 6.30. The molecule has 1 aliphatic heterocycles. The van der Waals surface area contributed by atoms with Gasteiger partial charge in [0, 0.05) is 17.9 Å². The van der Waals surface area contributed by atoms with Crippen molar-refractivity contribution in [2.45, 2.75) is 6.42 Å². The van der Waals surface area contributed by atoms with Crippen LogP contribution in [0.1, 0.15) is 15.9 Å². The van der Waals surface area contributed by atoms with Crippen LogP contribution < -0.4 is 10.6 Å². The third kappa shape index (κ3) is 2.34. The molecule has 0 unspecified atom stereocenters. The number of nitrogens with two attached hydrogens (primary N) is 1. The van der Waals surface area contributed by atoms with E-state index >= 15 is 0 Å². The van der Waals surface area contributed by atoms with E-state index in [0.29, 0.717) is 24.3 Å². The number of halogens is 3. The summed E-state index contributed by atoms with van der Waals surface area (Å²) in [6.07, 6.45) is 0.629. The highest BCUT2D eigenvalue weighted by Crippen LogP contribution is 2.31. The number of hydrogen-bond acceptors (Lipinski definition) is 2. The average molecular weight is 309 g/mol. The van der Waals surface area contributed by atoms with Crippen LogP contribution in [-0.2, 0) is 6.42 Å². The molecule has 3 nitrogen and oxygen atoms in total. The standard InChI is InChI=1S/C15H11ClF2N2O/c16-11-7-12(17)10(6-13(11)18)15(21)20-4-3-8-5-9(19)1-2-14(8)20/h1-2,5-7H,3-4,19H2. The summed E-state index contributed by atoms with van der Waals surface area (Å²) in [6.45, 7) is 0.404. The van der Waals surface area contributed by atoms with Crippen LogP contribution in [0.5, 0.6) is 0 Å². The van der Waals surface area contributed by atoms with Gasteiger partial charge in [-0.2, -0.15) is 0 Å². The Morgan fingerprint density at radius 1 is 1.19 bits per heavy atom. The molecule has 108 valence electrons. The molecule has 1 aliphatic rings. The third-order valence-corrected chi connectivity index (χ3v) is 3.77. The van der Waals surface area contributed by atoms with Gasteiger partial charge in [-0.1, -0.05) is 11.6 Å². The molecule has 0 radical (unpaired) electrons. The molecule has 1 heterocycles. The minimum atomic E-state index is -0.838. The van der Waals surface area contributed by atoms with Crippen molar-refractivity contribution >= 4 is 28.9 Å². The lowest BCUT2D eigenvalue weighted by Gasteiger charge is -2.18. The normalized spacial score (nSPS) is 13.4. The number of anilines is 2. The van der Waals surface area contributed by atoms with E-state index in [2.05, 4.69) is 0 Å². The van der Waals surface area contributed by atoms with Gasteiger partial charge in [0.25, 0.3) is 5.91 Å². The van der Waals surface area contributed by atoms with E-state index in [4.69, 9.17) is 17.3 Å². The summed E-state index contributed by atoms with van der Waals surface area (Å²) in [7, 11) is 0. The quantitative estimate of drug-likeness (QED) is 0.648. The second-order valence-corrected chi connectivity index (χ2v) is 5.25. The second kappa shape index (κ2) is 5.00. The van der Waals surface area contributed by atoms with E-state index < -0.39 is 17.5 Å². The minimum Gasteiger partial charge on any atom is -0.399 e. The number of nitrogen functional groups attached to an aromatic ring is 1. The van der Waals surface area contributed by atoms with Crippen molar-refractivity contribution in [3.8, 4) is 0 Å². The molecule has 6 heteroatoms. The van der Waals surface area contributed by atoms with Gasteiger partial charge in [-0.3, -0.25) is 4.79 Å². The molecule has 2 aromatic carbocycles. The minimum absolute atomic E-state index is 0.332. The highest BCUT2D eigenvalue weighted by atomic mass is 35.5. The Kier molecular flexibility index (Phi) is 3.29. The fourth-order valence-corrected chi connectivity index (χ4v) is 2.61. The van der Waals surface area contributed by atoms with E-state index in [1.54, 1.807) is 18.2 Å². The maximum Gasteiger partial charge on any atom is 0.261 e. The molecule has 21 heavy (non-hydrogen) atoms. The Bertz CT molecular complexity index is 749. The number of hydrogen-bond donors (Lipinski definition) is 1. The van der Waals surface area contributed by atoms with Crippen LogP contribution in [0.2, 0.25) is 5.02 Å². The van der Waals surface area contributed by atoms with Crippen molar-refractivity contribution in [2.24, 2.45) is 0 Å². The van der Waals surface area contributed by atoms with Gasteiger partial charge in [-0.05, 0) is 42.3 Å². The molecule has 0 saturated carbocycles. The number of amides is 1. The van der Waals surface area contributed by atoms with Crippen molar-refractivity contribution in [3.63, 3.8) is 0 Å². The van der Waals surface area contributed by atoms with E-state index in [1.807, 2.05) is 0 Å². The van der Waals surface area contributed by atoms with E-state index in [-0.39, 0.29) is 10.6 Å². The summed E-state index contributed by atoms with van der Waals surface area (Å²) in [4.78, 5) is 13.8. The number of rotatable bonds is 1. The van der Waals surface area contributed by atoms with E-state index in [1.165, 1.54) is 4.90 Å². The Hall–Kier alpha value is -2.14. The SMILES string of the molecule is Nc1ccc2c(c1)CCN2C(=O)c1cc(F)c(Cl)cc1F. The zero-order valence-electron chi connectivity index (χ0n) is 10.9. The molecule has 0 atom stereocenters. The van der Waals surface area contributed by atoms with Crippen LogP contribution in [0, 0.1) is 11.6 Å². The lowest BCUT2D eigenvalue weighted by Crippen LogP contribution is -2.29. The average Bonchev–Trinajstić information content (AvgIpc) is 2.85. The lowest BCUT2D eigenvalue weighted by atomic mass is 10.1. The smallest absolute Gasteiger partial charge is 0.261 e. The number of carbonyl (C=O) groups is 1. The predicted molar refractivity (Wildman–Crippen MR) is 77.6 cm³/mol. The number of fused-ring (bicyclic) bond motifs is 1. The molecule has 1 amide bonds. The van der Waals surface area contributed by atoms with Gasteiger partial charge in [0.15, 0.2) is 0 Å². The largest absolute Gasteiger partial charge is 0.399 e. The van der Waals surface area contributed by atoms with Gasteiger partial charge in [0.05, 0.1) is 10.6 Å². The van der Waals surface area contributed by atoms with Gasteiger partial charge < -0.3 is 10.6 Å². The van der Waals surface area contributed by atoms with Crippen molar-refractivity contribution in [1.29, 1.82) is 0 Å². The van der Waals surface area contributed by atoms with Crippen molar-refractivity contribution in [1.82, 2.24) is 0 Å². The number of benzene rings is 2. The Morgan fingerprint density at radius 3 is 2.71 bits per heavy atom. The first-order valence-corrected chi connectivity index (χ1v) is 6.70. The first-order valence-electron chi connectivity index (χ1n) is 6.32. The maximum atomic E-state index is 13.9. The summed E-state index contributed by atoms with van der Waals surface area (Å²) in [6, 6.07) is 6.80. The van der Waals surface area contributed by atoms with Gasteiger partial charge in [-0.15, -0.1) is 0 Å². The molecule has 0 aliphatic carbocycles. The topological polar surface area (TPSA) is 46.3 Å². The Balaban J connectivity index is 2.00. The van der Waals surface area contributed by atoms with Crippen LogP contribution in [0.4, 0.5) is 20.2 Å². The third-order valence-electron chi connectivity index (χ3n) is 3.48. The van der Waals surface area contributed by atoms with Crippen molar-refractivity contribution < 1.29 is 13.6 Å². The maximum absolute atomic E-state index is 13.9. The zero-order valence-corrected chi connectivity index (χ0v) is 11.6. The van der Waals surface area contributed by atoms with Crippen LogP contribution in [0.15, 0.2) is 30.3 Å². The molecule has 0 spiro atoms. The Labute approximate surface area is 124 Å². The molecule has 0 aromatic heterocycles. The summed E-state index contributed by atoms with van der Waals surface area (Å²) in [5.41, 5.74) is 7.55. The first-order chi connectivity index (χ1) is 9.97. The van der Waals surface area contributed by atoms with Crippen LogP contribution in [0.25, 0.3) is 0 Å². The molecule has 0 saturated heterocycles. The lowest BCUT2D eigenvalue weighted by molar-refractivity contribution is 0.0985. The second-order valence-electron chi connectivity index (χ2n) is 4.84. The molecular weight excluding hydrogens is 298 g/mol. The zero-order chi connectivity index (χ0) is 15.1. The molecular formula is C15H11ClF2N2O. The fourth-order valence-electron chi connectivity index (χ4n) is 2.46. The Morgan fingerprint density at radius 2 is 1.95 bits per heavy atom. The van der Waals surface area contributed by atoms with Gasteiger partial charge in [-0.25, -0.2) is 8.78 Å². The summed E-state index contributed by atoms with van der Waals surface area (Å²) in [5.74, 6) is -2.25. The van der Waals surface area contributed by atoms with Gasteiger partial charge in [0.1, 0.15) is 11.6 Å². The van der Waals surface area contributed by atoms with E-state index in [0.717, 1.165) is 17.7 Å². The summed E-state index contributed by atoms with van der Waals surface area (Å²) < 4.78 is 27.3. The monoisotopic (exact) mass is 308 g/mol. The fraction of sp³-hybridized carbons (Fsp3) is 0.133. The number of nitrogens with zero attached hydrogens (tertiary/aromatic N) is 1. The predicted octanol–water partition coefficient (Wildman–Crippen LogP) is 3.40. The highest BCUT2D eigenvalue weighted by Gasteiger charge is 2.28.